The molecular weight excluding hydrogens is 314 g/mol. The van der Waals surface area contributed by atoms with Crippen molar-refractivity contribution in [3.8, 4) is 0 Å². The number of aliphatic imine (C=N–C) groups is 1. The molecule has 0 aromatic heterocycles. The molecular formula is C17H26ClN3O2. The molecule has 1 unspecified atom stereocenters. The van der Waals surface area contributed by atoms with Crippen LogP contribution in [0.5, 0.6) is 0 Å². The largest absolute Gasteiger partial charge is 0.377 e. The van der Waals surface area contributed by atoms with Crippen LogP contribution in [0.4, 0.5) is 0 Å². The number of hydrogen-bond acceptors (Lipinski definition) is 3. The SMILES string of the molecule is CN=C(NCCOCC1CCCO1)N(C)Cc1ccc(Cl)cc1. The lowest BCUT2D eigenvalue weighted by molar-refractivity contribution is 0.0190. The average Bonchev–Trinajstić information content (AvgIpc) is 3.06. The number of rotatable bonds is 7. The van der Waals surface area contributed by atoms with E-state index in [1.165, 1.54) is 5.56 Å². The minimum absolute atomic E-state index is 0.280. The topological polar surface area (TPSA) is 46.1 Å². The third-order valence-corrected chi connectivity index (χ3v) is 4.02. The van der Waals surface area contributed by atoms with Crippen LogP contribution >= 0.6 is 11.6 Å². The van der Waals surface area contributed by atoms with E-state index in [2.05, 4.69) is 15.2 Å². The van der Waals surface area contributed by atoms with E-state index in [4.69, 9.17) is 21.1 Å². The Morgan fingerprint density at radius 1 is 1.43 bits per heavy atom. The maximum absolute atomic E-state index is 5.91. The summed E-state index contributed by atoms with van der Waals surface area (Å²) in [7, 11) is 3.80. The summed E-state index contributed by atoms with van der Waals surface area (Å²) < 4.78 is 11.2. The van der Waals surface area contributed by atoms with Gasteiger partial charge in [-0.25, -0.2) is 0 Å². The molecule has 1 fully saturated rings. The lowest BCUT2D eigenvalue weighted by Crippen LogP contribution is -2.40. The average molecular weight is 340 g/mol. The van der Waals surface area contributed by atoms with Crippen LogP contribution in [0.25, 0.3) is 0 Å². The fourth-order valence-corrected chi connectivity index (χ4v) is 2.67. The number of ether oxygens (including phenoxy) is 2. The van der Waals surface area contributed by atoms with Crippen LogP contribution in [0.15, 0.2) is 29.3 Å². The molecule has 23 heavy (non-hydrogen) atoms. The second-order valence-electron chi connectivity index (χ2n) is 5.67. The van der Waals surface area contributed by atoms with Crippen LogP contribution in [0.3, 0.4) is 0 Å². The van der Waals surface area contributed by atoms with Gasteiger partial charge in [0.05, 0.1) is 19.3 Å². The summed E-state index contributed by atoms with van der Waals surface area (Å²) in [6, 6.07) is 7.85. The van der Waals surface area contributed by atoms with E-state index in [1.54, 1.807) is 7.05 Å². The summed E-state index contributed by atoms with van der Waals surface area (Å²) in [6.07, 6.45) is 2.54. The van der Waals surface area contributed by atoms with Gasteiger partial charge in [-0.3, -0.25) is 4.99 Å². The van der Waals surface area contributed by atoms with Crippen molar-refractivity contribution in [3.63, 3.8) is 0 Å². The quantitative estimate of drug-likeness (QED) is 0.471. The molecule has 5 nitrogen and oxygen atoms in total. The van der Waals surface area contributed by atoms with Gasteiger partial charge in [0.15, 0.2) is 5.96 Å². The van der Waals surface area contributed by atoms with Crippen LogP contribution in [0.1, 0.15) is 18.4 Å². The van der Waals surface area contributed by atoms with Crippen LogP contribution in [0, 0.1) is 0 Å². The predicted octanol–water partition coefficient (Wildman–Crippen LogP) is 2.54. The van der Waals surface area contributed by atoms with Crippen LogP contribution in [-0.2, 0) is 16.0 Å². The third-order valence-electron chi connectivity index (χ3n) is 3.76. The molecule has 1 aromatic rings. The second-order valence-corrected chi connectivity index (χ2v) is 6.10. The molecule has 1 aromatic carbocycles. The molecule has 1 N–H and O–H groups in total. The Labute approximate surface area is 143 Å². The van der Waals surface area contributed by atoms with Gasteiger partial charge in [-0.1, -0.05) is 23.7 Å². The van der Waals surface area contributed by atoms with Gasteiger partial charge in [0.1, 0.15) is 0 Å². The zero-order chi connectivity index (χ0) is 16.5. The lowest BCUT2D eigenvalue weighted by atomic mass is 10.2. The van der Waals surface area contributed by atoms with Gasteiger partial charge in [0, 0.05) is 38.8 Å². The van der Waals surface area contributed by atoms with E-state index in [0.29, 0.717) is 13.2 Å². The molecule has 0 bridgehead atoms. The Bertz CT molecular complexity index is 487. The van der Waals surface area contributed by atoms with Gasteiger partial charge >= 0.3 is 0 Å². The highest BCUT2D eigenvalue weighted by molar-refractivity contribution is 6.30. The summed E-state index contributed by atoms with van der Waals surface area (Å²) in [5, 5.41) is 4.06. The van der Waals surface area contributed by atoms with Gasteiger partial charge in [-0.2, -0.15) is 0 Å². The summed E-state index contributed by atoms with van der Waals surface area (Å²) >= 11 is 5.91. The zero-order valence-electron chi connectivity index (χ0n) is 13.9. The van der Waals surface area contributed by atoms with Crippen molar-refractivity contribution in [1.29, 1.82) is 0 Å². The van der Waals surface area contributed by atoms with Crippen molar-refractivity contribution in [2.75, 3.05) is 40.5 Å². The normalized spacial score (nSPS) is 18.2. The number of nitrogens with zero attached hydrogens (tertiary/aromatic N) is 2. The molecule has 0 spiro atoms. The first-order valence-corrected chi connectivity index (χ1v) is 8.42. The molecule has 1 saturated heterocycles. The number of halogens is 1. The monoisotopic (exact) mass is 339 g/mol. The standard InChI is InChI=1S/C17H26ClN3O2/c1-19-17(20-9-11-22-13-16-4-3-10-23-16)21(2)12-14-5-7-15(18)8-6-14/h5-8,16H,3-4,9-13H2,1-2H3,(H,19,20). The predicted molar refractivity (Wildman–Crippen MR) is 94.1 cm³/mol. The van der Waals surface area contributed by atoms with E-state index < -0.39 is 0 Å². The minimum Gasteiger partial charge on any atom is -0.377 e. The van der Waals surface area contributed by atoms with Gasteiger partial charge in [-0.15, -0.1) is 0 Å². The third kappa shape index (κ3) is 6.37. The van der Waals surface area contributed by atoms with E-state index in [0.717, 1.165) is 43.5 Å². The molecule has 0 radical (unpaired) electrons. The van der Waals surface area contributed by atoms with E-state index in [-0.39, 0.29) is 6.10 Å². The highest BCUT2D eigenvalue weighted by atomic mass is 35.5. The number of guanidine groups is 1. The fraction of sp³-hybridized carbons (Fsp3) is 0.588. The molecule has 1 aliphatic heterocycles. The Kier molecular flexibility index (Phi) is 7.65. The highest BCUT2D eigenvalue weighted by Crippen LogP contribution is 2.12. The molecule has 0 aliphatic carbocycles. The van der Waals surface area contributed by atoms with Crippen molar-refractivity contribution < 1.29 is 9.47 Å². The van der Waals surface area contributed by atoms with E-state index in [9.17, 15) is 0 Å². The van der Waals surface area contributed by atoms with Crippen molar-refractivity contribution in [3.05, 3.63) is 34.9 Å². The summed E-state index contributed by atoms with van der Waals surface area (Å²) in [5.74, 6) is 0.848. The van der Waals surface area contributed by atoms with Gasteiger partial charge < -0.3 is 19.7 Å². The fourth-order valence-electron chi connectivity index (χ4n) is 2.55. The highest BCUT2D eigenvalue weighted by Gasteiger charge is 2.15. The molecule has 2 rings (SSSR count). The van der Waals surface area contributed by atoms with Crippen LogP contribution in [0.2, 0.25) is 5.02 Å². The van der Waals surface area contributed by atoms with Crippen molar-refractivity contribution >= 4 is 17.6 Å². The van der Waals surface area contributed by atoms with Crippen LogP contribution < -0.4 is 5.32 Å². The van der Waals surface area contributed by atoms with Gasteiger partial charge in [0.25, 0.3) is 0 Å². The zero-order valence-corrected chi connectivity index (χ0v) is 14.7. The number of benzene rings is 1. The Hall–Kier alpha value is -1.30. The first-order valence-electron chi connectivity index (χ1n) is 8.04. The number of hydrogen-bond donors (Lipinski definition) is 1. The second kappa shape index (κ2) is 9.75. The molecule has 0 saturated carbocycles. The summed E-state index contributed by atoms with van der Waals surface area (Å²) in [6.45, 7) is 3.70. The van der Waals surface area contributed by atoms with E-state index >= 15 is 0 Å². The molecule has 1 heterocycles. The number of nitrogens with one attached hydrogen (secondary N) is 1. The molecule has 6 heteroatoms. The Morgan fingerprint density at radius 2 is 2.22 bits per heavy atom. The molecule has 128 valence electrons. The molecule has 1 atom stereocenters. The van der Waals surface area contributed by atoms with Crippen molar-refractivity contribution in [1.82, 2.24) is 10.2 Å². The summed E-state index contributed by atoms with van der Waals surface area (Å²) in [4.78, 5) is 6.37. The maximum Gasteiger partial charge on any atom is 0.193 e. The Balaban J connectivity index is 1.66. The lowest BCUT2D eigenvalue weighted by Gasteiger charge is -2.22. The summed E-state index contributed by atoms with van der Waals surface area (Å²) in [5.41, 5.74) is 1.19. The first-order chi connectivity index (χ1) is 11.2. The van der Waals surface area contributed by atoms with E-state index in [1.807, 2.05) is 31.3 Å². The minimum atomic E-state index is 0.280. The first kappa shape index (κ1) is 18.0. The van der Waals surface area contributed by atoms with Crippen LogP contribution in [-0.4, -0.2) is 57.4 Å². The van der Waals surface area contributed by atoms with Crippen molar-refractivity contribution in [2.45, 2.75) is 25.5 Å². The van der Waals surface area contributed by atoms with Gasteiger partial charge in [0.2, 0.25) is 0 Å². The Morgan fingerprint density at radius 3 is 2.87 bits per heavy atom. The maximum atomic E-state index is 5.91. The van der Waals surface area contributed by atoms with Crippen molar-refractivity contribution in [2.24, 2.45) is 4.99 Å². The molecule has 0 amide bonds. The smallest absolute Gasteiger partial charge is 0.193 e. The molecule has 1 aliphatic rings. The van der Waals surface area contributed by atoms with Gasteiger partial charge in [-0.05, 0) is 30.5 Å².